The molecule has 0 aliphatic heterocycles. The van der Waals surface area contributed by atoms with Crippen LogP contribution in [0.25, 0.3) is 0 Å². The summed E-state index contributed by atoms with van der Waals surface area (Å²) in [6.45, 7) is 0. The summed E-state index contributed by atoms with van der Waals surface area (Å²) < 4.78 is 40.5. The lowest BCUT2D eigenvalue weighted by molar-refractivity contribution is -0.141. The molecule has 0 saturated heterocycles. The predicted octanol–water partition coefficient (Wildman–Crippen LogP) is 1.81. The number of methoxy groups -OCH3 is 1. The van der Waals surface area contributed by atoms with Crippen molar-refractivity contribution in [3.05, 3.63) is 17.8 Å². The second-order valence-corrected chi connectivity index (χ2v) is 2.22. The minimum atomic E-state index is -4.53. The van der Waals surface area contributed by atoms with Crippen LogP contribution in [0.3, 0.4) is 0 Å². The molecule has 0 atom stereocenters. The molecule has 0 fully saturated rings. The van der Waals surface area contributed by atoms with Gasteiger partial charge in [0.1, 0.15) is 5.69 Å². The highest BCUT2D eigenvalue weighted by atomic mass is 19.4. The fraction of sp³-hybridized carbons (Fsp3) is 0.286. The monoisotopic (exact) mass is 193 g/mol. The van der Waals surface area contributed by atoms with Gasteiger partial charge in [0.2, 0.25) is 0 Å². The van der Waals surface area contributed by atoms with E-state index in [1.165, 1.54) is 0 Å². The molecule has 3 nitrogen and oxygen atoms in total. The molecule has 0 aromatic carbocycles. The molecular weight excluding hydrogens is 187 g/mol. The van der Waals surface area contributed by atoms with Crippen molar-refractivity contribution in [1.29, 1.82) is 0 Å². The predicted molar refractivity (Wildman–Crippen MR) is 37.5 cm³/mol. The summed E-state index contributed by atoms with van der Waals surface area (Å²) in [5.41, 5.74) is -1.10. The molecule has 0 aliphatic rings. The maximum atomic E-state index is 12.0. The van der Waals surface area contributed by atoms with Gasteiger partial charge in [0.25, 0.3) is 5.88 Å². The fourth-order valence-electron chi connectivity index (χ4n) is 0.741. The van der Waals surface area contributed by atoms with Crippen LogP contribution in [0.15, 0.2) is 12.1 Å². The minimum Gasteiger partial charge on any atom is -0.503 e. The summed E-state index contributed by atoms with van der Waals surface area (Å²) in [5, 5.41) is 8.95. The van der Waals surface area contributed by atoms with E-state index in [0.717, 1.165) is 13.2 Å². The van der Waals surface area contributed by atoms with E-state index in [4.69, 9.17) is 5.11 Å². The van der Waals surface area contributed by atoms with Crippen LogP contribution >= 0.6 is 0 Å². The Morgan fingerprint density at radius 2 is 2.00 bits per heavy atom. The first-order chi connectivity index (χ1) is 5.95. The van der Waals surface area contributed by atoms with Gasteiger partial charge in [0, 0.05) is 0 Å². The highest BCUT2D eigenvalue weighted by Crippen LogP contribution is 2.32. The zero-order chi connectivity index (χ0) is 10.1. The Kier molecular flexibility index (Phi) is 2.31. The highest BCUT2D eigenvalue weighted by molar-refractivity contribution is 5.33. The second-order valence-electron chi connectivity index (χ2n) is 2.22. The van der Waals surface area contributed by atoms with Gasteiger partial charge >= 0.3 is 6.18 Å². The van der Waals surface area contributed by atoms with Gasteiger partial charge in [-0.25, -0.2) is 4.98 Å². The Bertz CT molecular complexity index is 311. The molecule has 1 aromatic rings. The lowest BCUT2D eigenvalue weighted by Gasteiger charge is -2.07. The number of nitrogens with zero attached hydrogens (tertiary/aromatic N) is 1. The summed E-state index contributed by atoms with van der Waals surface area (Å²) in [5.74, 6) is -0.856. The third-order valence-electron chi connectivity index (χ3n) is 1.32. The minimum absolute atomic E-state index is 0.421. The van der Waals surface area contributed by atoms with Gasteiger partial charge < -0.3 is 9.84 Å². The third kappa shape index (κ3) is 2.01. The first-order valence-electron chi connectivity index (χ1n) is 3.26. The zero-order valence-electron chi connectivity index (χ0n) is 6.59. The summed E-state index contributed by atoms with van der Waals surface area (Å²) >= 11 is 0. The standard InChI is InChI=1S/C7H6F3NO2/c1-13-6-4(12)2-3-5(11-6)7(8,9)10/h2-3,12H,1H3. The Hall–Kier alpha value is -1.46. The number of pyridine rings is 1. The summed E-state index contributed by atoms with van der Waals surface area (Å²) in [7, 11) is 1.13. The van der Waals surface area contributed by atoms with Crippen LogP contribution in [0.2, 0.25) is 0 Å². The number of aromatic hydroxyl groups is 1. The normalized spacial score (nSPS) is 11.4. The maximum absolute atomic E-state index is 12.0. The molecule has 13 heavy (non-hydrogen) atoms. The Morgan fingerprint density at radius 3 is 2.46 bits per heavy atom. The van der Waals surface area contributed by atoms with Crippen LogP contribution in [0.4, 0.5) is 13.2 Å². The molecule has 0 radical (unpaired) electrons. The van der Waals surface area contributed by atoms with Gasteiger partial charge in [-0.2, -0.15) is 13.2 Å². The van der Waals surface area contributed by atoms with Crippen molar-refractivity contribution in [3.63, 3.8) is 0 Å². The first kappa shape index (κ1) is 9.63. The van der Waals surface area contributed by atoms with Crippen molar-refractivity contribution < 1.29 is 23.0 Å². The van der Waals surface area contributed by atoms with Crippen molar-refractivity contribution >= 4 is 0 Å². The van der Waals surface area contributed by atoms with Crippen molar-refractivity contribution in [3.8, 4) is 11.6 Å². The van der Waals surface area contributed by atoms with E-state index in [9.17, 15) is 13.2 Å². The quantitative estimate of drug-likeness (QED) is 0.739. The van der Waals surface area contributed by atoms with Crippen molar-refractivity contribution in [2.24, 2.45) is 0 Å². The lowest BCUT2D eigenvalue weighted by Crippen LogP contribution is -2.08. The third-order valence-corrected chi connectivity index (χ3v) is 1.32. The first-order valence-corrected chi connectivity index (χ1v) is 3.26. The van der Waals surface area contributed by atoms with Crippen molar-refractivity contribution in [1.82, 2.24) is 4.98 Å². The second kappa shape index (κ2) is 3.12. The Labute approximate surface area is 71.8 Å². The number of aromatic nitrogens is 1. The van der Waals surface area contributed by atoms with Gasteiger partial charge in [-0.3, -0.25) is 0 Å². The van der Waals surface area contributed by atoms with Crippen molar-refractivity contribution in [2.75, 3.05) is 7.11 Å². The Balaban J connectivity index is 3.14. The van der Waals surface area contributed by atoms with Gasteiger partial charge in [-0.05, 0) is 12.1 Å². The number of rotatable bonds is 1. The average molecular weight is 193 g/mol. The van der Waals surface area contributed by atoms with E-state index in [2.05, 4.69) is 9.72 Å². The number of alkyl halides is 3. The molecule has 6 heteroatoms. The van der Waals surface area contributed by atoms with Gasteiger partial charge in [0.05, 0.1) is 7.11 Å². The molecule has 0 spiro atoms. The summed E-state index contributed by atoms with van der Waals surface area (Å²) in [6.07, 6.45) is -4.53. The van der Waals surface area contributed by atoms with Crippen LogP contribution in [-0.4, -0.2) is 17.2 Å². The van der Waals surface area contributed by atoms with E-state index in [1.807, 2.05) is 0 Å². The van der Waals surface area contributed by atoms with E-state index in [0.29, 0.717) is 6.07 Å². The molecule has 0 saturated carbocycles. The smallest absolute Gasteiger partial charge is 0.433 e. The Morgan fingerprint density at radius 1 is 1.38 bits per heavy atom. The van der Waals surface area contributed by atoms with E-state index >= 15 is 0 Å². The molecule has 1 N–H and O–H groups in total. The molecule has 1 aromatic heterocycles. The highest BCUT2D eigenvalue weighted by Gasteiger charge is 2.33. The van der Waals surface area contributed by atoms with Crippen LogP contribution in [0.1, 0.15) is 5.69 Å². The molecule has 0 unspecified atom stereocenters. The van der Waals surface area contributed by atoms with Crippen LogP contribution in [0.5, 0.6) is 11.6 Å². The zero-order valence-corrected chi connectivity index (χ0v) is 6.59. The van der Waals surface area contributed by atoms with Crippen LogP contribution in [0, 0.1) is 0 Å². The van der Waals surface area contributed by atoms with E-state index in [1.54, 1.807) is 0 Å². The van der Waals surface area contributed by atoms with E-state index in [-0.39, 0.29) is 0 Å². The average Bonchev–Trinajstić information content (AvgIpc) is 2.03. The van der Waals surface area contributed by atoms with Gasteiger partial charge in [-0.1, -0.05) is 0 Å². The summed E-state index contributed by atoms with van der Waals surface area (Å²) in [6, 6.07) is 1.56. The molecular formula is C7H6F3NO2. The number of ether oxygens (including phenoxy) is 1. The largest absolute Gasteiger partial charge is 0.503 e. The number of halogens is 3. The maximum Gasteiger partial charge on any atom is 0.433 e. The number of hydrogen-bond donors (Lipinski definition) is 1. The molecule has 1 heterocycles. The molecule has 0 aliphatic carbocycles. The van der Waals surface area contributed by atoms with Crippen LogP contribution < -0.4 is 4.74 Å². The molecule has 0 amide bonds. The molecule has 0 bridgehead atoms. The van der Waals surface area contributed by atoms with Crippen molar-refractivity contribution in [2.45, 2.75) is 6.18 Å². The number of hydrogen-bond acceptors (Lipinski definition) is 3. The van der Waals surface area contributed by atoms with Gasteiger partial charge in [0.15, 0.2) is 5.75 Å². The lowest BCUT2D eigenvalue weighted by atomic mass is 10.3. The SMILES string of the molecule is COc1nc(C(F)(F)F)ccc1O. The molecule has 72 valence electrons. The summed E-state index contributed by atoms with van der Waals surface area (Å²) in [4.78, 5) is 3.06. The van der Waals surface area contributed by atoms with E-state index < -0.39 is 23.5 Å². The topological polar surface area (TPSA) is 42.4 Å². The van der Waals surface area contributed by atoms with Gasteiger partial charge in [-0.15, -0.1) is 0 Å². The fourth-order valence-corrected chi connectivity index (χ4v) is 0.741. The molecule has 1 rings (SSSR count). The van der Waals surface area contributed by atoms with Crippen LogP contribution in [-0.2, 0) is 6.18 Å².